The SMILES string of the molecule is COCCNC(=O)c1ccc(CC2CCN(C(=O)c3ccc(C)nc3)CC2)cc1. The molecule has 1 N–H and O–H groups in total. The molecular weight excluding hydrogens is 366 g/mol. The Morgan fingerprint density at radius 1 is 1.10 bits per heavy atom. The van der Waals surface area contributed by atoms with Crippen molar-refractivity contribution in [1.82, 2.24) is 15.2 Å². The van der Waals surface area contributed by atoms with Crippen LogP contribution < -0.4 is 5.32 Å². The van der Waals surface area contributed by atoms with Crippen LogP contribution in [0, 0.1) is 12.8 Å². The number of likely N-dealkylation sites (tertiary alicyclic amines) is 1. The van der Waals surface area contributed by atoms with Crippen molar-refractivity contribution in [2.75, 3.05) is 33.4 Å². The maximum absolute atomic E-state index is 12.6. The van der Waals surface area contributed by atoms with E-state index in [-0.39, 0.29) is 11.8 Å². The van der Waals surface area contributed by atoms with Crippen LogP contribution in [-0.2, 0) is 11.2 Å². The van der Waals surface area contributed by atoms with Gasteiger partial charge in [0.25, 0.3) is 11.8 Å². The van der Waals surface area contributed by atoms with Crippen LogP contribution in [0.4, 0.5) is 0 Å². The minimum absolute atomic E-state index is 0.0692. The molecule has 0 radical (unpaired) electrons. The molecule has 0 spiro atoms. The highest BCUT2D eigenvalue weighted by molar-refractivity contribution is 5.94. The summed E-state index contributed by atoms with van der Waals surface area (Å²) >= 11 is 0. The third-order valence-corrected chi connectivity index (χ3v) is 5.39. The second-order valence-electron chi connectivity index (χ2n) is 7.57. The fraction of sp³-hybridized carbons (Fsp3) is 0.435. The van der Waals surface area contributed by atoms with Gasteiger partial charge in [-0.3, -0.25) is 14.6 Å². The second kappa shape index (κ2) is 10.2. The molecule has 3 rings (SSSR count). The predicted molar refractivity (Wildman–Crippen MR) is 112 cm³/mol. The molecule has 2 heterocycles. The number of rotatable bonds is 7. The summed E-state index contributed by atoms with van der Waals surface area (Å²) < 4.78 is 4.94. The summed E-state index contributed by atoms with van der Waals surface area (Å²) in [6, 6.07) is 11.5. The minimum Gasteiger partial charge on any atom is -0.383 e. The van der Waals surface area contributed by atoms with E-state index >= 15 is 0 Å². The van der Waals surface area contributed by atoms with E-state index in [0.29, 0.717) is 30.2 Å². The van der Waals surface area contributed by atoms with Crippen molar-refractivity contribution in [2.24, 2.45) is 5.92 Å². The number of aryl methyl sites for hydroxylation is 1. The maximum Gasteiger partial charge on any atom is 0.255 e. The number of piperidine rings is 1. The summed E-state index contributed by atoms with van der Waals surface area (Å²) in [5.74, 6) is 0.544. The highest BCUT2D eigenvalue weighted by Crippen LogP contribution is 2.23. The fourth-order valence-corrected chi connectivity index (χ4v) is 3.61. The highest BCUT2D eigenvalue weighted by Gasteiger charge is 2.24. The van der Waals surface area contributed by atoms with Gasteiger partial charge in [0.2, 0.25) is 0 Å². The van der Waals surface area contributed by atoms with Gasteiger partial charge in [0.15, 0.2) is 0 Å². The van der Waals surface area contributed by atoms with Gasteiger partial charge in [0.1, 0.15) is 0 Å². The summed E-state index contributed by atoms with van der Waals surface area (Å²) in [6.45, 7) is 4.48. The predicted octanol–water partition coefficient (Wildman–Crippen LogP) is 2.86. The molecule has 29 heavy (non-hydrogen) atoms. The van der Waals surface area contributed by atoms with Gasteiger partial charge in [0, 0.05) is 44.2 Å². The molecule has 1 aliphatic heterocycles. The first-order valence-corrected chi connectivity index (χ1v) is 10.1. The Morgan fingerprint density at radius 2 is 1.79 bits per heavy atom. The first kappa shape index (κ1) is 21.0. The third kappa shape index (κ3) is 5.87. The summed E-state index contributed by atoms with van der Waals surface area (Å²) in [4.78, 5) is 30.8. The van der Waals surface area contributed by atoms with E-state index in [0.717, 1.165) is 38.0 Å². The van der Waals surface area contributed by atoms with E-state index in [9.17, 15) is 9.59 Å². The third-order valence-electron chi connectivity index (χ3n) is 5.39. The van der Waals surface area contributed by atoms with Crippen molar-refractivity contribution in [3.8, 4) is 0 Å². The lowest BCUT2D eigenvalue weighted by molar-refractivity contribution is 0.0690. The lowest BCUT2D eigenvalue weighted by atomic mass is 9.89. The molecule has 6 heteroatoms. The molecule has 0 atom stereocenters. The topological polar surface area (TPSA) is 71.5 Å². The molecule has 2 amide bonds. The van der Waals surface area contributed by atoms with Gasteiger partial charge in [-0.1, -0.05) is 12.1 Å². The summed E-state index contributed by atoms with van der Waals surface area (Å²) in [5, 5.41) is 2.83. The number of nitrogens with zero attached hydrogens (tertiary/aromatic N) is 2. The first-order valence-electron chi connectivity index (χ1n) is 10.1. The summed E-state index contributed by atoms with van der Waals surface area (Å²) in [5.41, 5.74) is 3.47. The molecule has 0 bridgehead atoms. The Labute approximate surface area is 172 Å². The van der Waals surface area contributed by atoms with Gasteiger partial charge in [-0.15, -0.1) is 0 Å². The number of hydrogen-bond donors (Lipinski definition) is 1. The van der Waals surface area contributed by atoms with Gasteiger partial charge < -0.3 is 15.0 Å². The van der Waals surface area contributed by atoms with Crippen molar-refractivity contribution in [1.29, 1.82) is 0 Å². The number of amides is 2. The van der Waals surface area contributed by atoms with Crippen LogP contribution in [0.1, 0.15) is 44.8 Å². The van der Waals surface area contributed by atoms with E-state index < -0.39 is 0 Å². The van der Waals surface area contributed by atoms with Crippen LogP contribution in [0.2, 0.25) is 0 Å². The molecule has 1 aliphatic rings. The number of benzene rings is 1. The van der Waals surface area contributed by atoms with Crippen LogP contribution in [0.5, 0.6) is 0 Å². The van der Waals surface area contributed by atoms with Gasteiger partial charge in [-0.2, -0.15) is 0 Å². The van der Waals surface area contributed by atoms with Crippen molar-refractivity contribution < 1.29 is 14.3 Å². The zero-order chi connectivity index (χ0) is 20.6. The molecule has 2 aromatic rings. The van der Waals surface area contributed by atoms with Crippen LogP contribution in [0.3, 0.4) is 0 Å². The Morgan fingerprint density at radius 3 is 2.41 bits per heavy atom. The van der Waals surface area contributed by atoms with Crippen molar-refractivity contribution in [3.05, 3.63) is 65.0 Å². The van der Waals surface area contributed by atoms with Crippen LogP contribution >= 0.6 is 0 Å². The van der Waals surface area contributed by atoms with E-state index in [1.807, 2.05) is 48.2 Å². The van der Waals surface area contributed by atoms with E-state index in [1.165, 1.54) is 5.56 Å². The molecular formula is C23H29N3O3. The average Bonchev–Trinajstić information content (AvgIpc) is 2.75. The monoisotopic (exact) mass is 395 g/mol. The zero-order valence-electron chi connectivity index (χ0n) is 17.2. The minimum atomic E-state index is -0.0778. The Kier molecular flexibility index (Phi) is 7.36. The lowest BCUT2D eigenvalue weighted by Crippen LogP contribution is -2.39. The molecule has 6 nitrogen and oxygen atoms in total. The zero-order valence-corrected chi connectivity index (χ0v) is 17.2. The lowest BCUT2D eigenvalue weighted by Gasteiger charge is -2.32. The highest BCUT2D eigenvalue weighted by atomic mass is 16.5. The number of ether oxygens (including phenoxy) is 1. The first-order chi connectivity index (χ1) is 14.1. The number of hydrogen-bond acceptors (Lipinski definition) is 4. The molecule has 1 aromatic heterocycles. The number of carbonyl (C=O) groups excluding carboxylic acids is 2. The molecule has 0 aliphatic carbocycles. The quantitative estimate of drug-likeness (QED) is 0.732. The Bertz CT molecular complexity index is 810. The molecule has 0 unspecified atom stereocenters. The van der Waals surface area contributed by atoms with Crippen molar-refractivity contribution in [2.45, 2.75) is 26.2 Å². The van der Waals surface area contributed by atoms with Gasteiger partial charge in [0.05, 0.1) is 12.2 Å². The normalized spacial score (nSPS) is 14.6. The van der Waals surface area contributed by atoms with Gasteiger partial charge in [-0.25, -0.2) is 0 Å². The van der Waals surface area contributed by atoms with Gasteiger partial charge >= 0.3 is 0 Å². The number of aromatic nitrogens is 1. The molecule has 1 aromatic carbocycles. The Hall–Kier alpha value is -2.73. The number of methoxy groups -OCH3 is 1. The Balaban J connectivity index is 1.47. The molecule has 154 valence electrons. The van der Waals surface area contributed by atoms with Crippen molar-refractivity contribution >= 4 is 11.8 Å². The smallest absolute Gasteiger partial charge is 0.255 e. The van der Waals surface area contributed by atoms with E-state index in [1.54, 1.807) is 13.3 Å². The summed E-state index contributed by atoms with van der Waals surface area (Å²) in [6.07, 6.45) is 4.62. The molecule has 1 fully saturated rings. The van der Waals surface area contributed by atoms with Crippen molar-refractivity contribution in [3.63, 3.8) is 0 Å². The number of carbonyl (C=O) groups is 2. The van der Waals surface area contributed by atoms with E-state index in [2.05, 4.69) is 10.3 Å². The average molecular weight is 396 g/mol. The van der Waals surface area contributed by atoms with Crippen LogP contribution in [0.25, 0.3) is 0 Å². The fourth-order valence-electron chi connectivity index (χ4n) is 3.61. The molecule has 1 saturated heterocycles. The van der Waals surface area contributed by atoms with Crippen LogP contribution in [-0.4, -0.2) is 55.0 Å². The van der Waals surface area contributed by atoms with E-state index in [4.69, 9.17) is 4.74 Å². The van der Waals surface area contributed by atoms with Crippen LogP contribution in [0.15, 0.2) is 42.6 Å². The largest absolute Gasteiger partial charge is 0.383 e. The maximum atomic E-state index is 12.6. The standard InChI is InChI=1S/C23H29N3O3/c1-17-3-6-21(16-25-17)23(28)26-12-9-19(10-13-26)15-18-4-7-20(8-5-18)22(27)24-11-14-29-2/h3-8,16,19H,9-15H2,1-2H3,(H,24,27). The number of pyridine rings is 1. The van der Waals surface area contributed by atoms with Gasteiger partial charge in [-0.05, 0) is 61.9 Å². The second-order valence-corrected chi connectivity index (χ2v) is 7.57. The number of nitrogens with one attached hydrogen (secondary N) is 1. The molecule has 0 saturated carbocycles. The summed E-state index contributed by atoms with van der Waals surface area (Å²) in [7, 11) is 1.61.